The molecule has 25 nitrogen and oxygen atoms in total. The number of esters is 1. The maximum atomic E-state index is 14.4. The van der Waals surface area contributed by atoms with Gasteiger partial charge >= 0.3 is 11.9 Å². The first-order valence-corrected chi connectivity index (χ1v) is 24.0. The molecule has 1 aliphatic rings. The molecule has 0 aliphatic carbocycles. The Morgan fingerprint density at radius 1 is 0.824 bits per heavy atom. The van der Waals surface area contributed by atoms with Crippen molar-refractivity contribution in [2.75, 3.05) is 34.4 Å². The van der Waals surface area contributed by atoms with Crippen molar-refractivity contribution in [2.45, 2.75) is 121 Å². The number of likely N-dealkylation sites (N-methyl/N-ethyl adjacent to an activating group) is 1. The van der Waals surface area contributed by atoms with Crippen LogP contribution in [0, 0.1) is 11.8 Å². The summed E-state index contributed by atoms with van der Waals surface area (Å²) in [6.07, 6.45) is 3.91. The van der Waals surface area contributed by atoms with E-state index in [1.165, 1.54) is 20.9 Å². The summed E-state index contributed by atoms with van der Waals surface area (Å²) in [5, 5.41) is 25.2. The van der Waals surface area contributed by atoms with Crippen LogP contribution in [0.4, 0.5) is 0 Å². The molecule has 0 bridgehead atoms. The van der Waals surface area contributed by atoms with E-state index < -0.39 is 114 Å². The number of rotatable bonds is 17. The van der Waals surface area contributed by atoms with E-state index in [9.17, 15) is 48.3 Å². The molecule has 25 heteroatoms. The van der Waals surface area contributed by atoms with E-state index in [-0.39, 0.29) is 69.1 Å². The standard InChI is InChI=1S/C49H75N13O12/c1-27(24-28(2)38(73-7)25-32-14-10-9-11-15-32)18-19-33-29(3)41(65)60-36(47(72)74-8)20-21-40(64)62(6)31(5)43(67)56-30(4)42(66)59-35(17-13-23-55-49(52)53)45(69)61-37(46(70)71)26-39(63)57-34(44(68)58-33)16-12-22-54-48(50)51/h9-11,14-15,18-19,24,28-30,33-38H,5,12-13,16-17,20-23,25-26H2,1-4,6-8H3,(H,56,67)(H,57,63)(H,58,68)(H,59,66)(H,60,65)(H,61,69)(H,70,71)(H4,50,51,54)(H4,52,53,55)/b19-18+,27-24+/t28-,29-,30+,33?,34?,35-,36+,37?,38-/m0/s1. The van der Waals surface area contributed by atoms with Gasteiger partial charge in [-0.3, -0.25) is 43.5 Å². The van der Waals surface area contributed by atoms with Crippen LogP contribution in [0.5, 0.6) is 0 Å². The highest BCUT2D eigenvalue weighted by molar-refractivity contribution is 6.00. The number of carboxylic acids is 1. The fraction of sp³-hybridized carbons (Fsp3) is 0.531. The van der Waals surface area contributed by atoms with Gasteiger partial charge in [-0.2, -0.15) is 0 Å². The van der Waals surface area contributed by atoms with E-state index in [2.05, 4.69) is 48.5 Å². The van der Waals surface area contributed by atoms with Crippen LogP contribution in [-0.2, 0) is 59.0 Å². The number of ether oxygens (including phenoxy) is 2. The average Bonchev–Trinajstić information content (AvgIpc) is 3.35. The number of hydrogen-bond donors (Lipinski definition) is 11. The Labute approximate surface area is 431 Å². The van der Waals surface area contributed by atoms with Crippen molar-refractivity contribution in [1.82, 2.24) is 36.8 Å². The molecule has 1 aromatic carbocycles. The number of methoxy groups -OCH3 is 2. The van der Waals surface area contributed by atoms with Gasteiger partial charge in [-0.25, -0.2) is 9.59 Å². The molecule has 15 N–H and O–H groups in total. The number of nitrogens with two attached hydrogens (primary N) is 4. The Hall–Kier alpha value is -7.83. The summed E-state index contributed by atoms with van der Waals surface area (Å²) in [5.74, 6) is -10.5. The molecule has 9 atom stereocenters. The second-order valence-corrected chi connectivity index (χ2v) is 17.8. The van der Waals surface area contributed by atoms with Crippen molar-refractivity contribution in [3.8, 4) is 0 Å². The summed E-state index contributed by atoms with van der Waals surface area (Å²) in [5.41, 5.74) is 23.2. The number of allylic oxidation sites excluding steroid dienone is 2. The van der Waals surface area contributed by atoms with Crippen LogP contribution < -0.4 is 54.8 Å². The fourth-order valence-corrected chi connectivity index (χ4v) is 7.46. The van der Waals surface area contributed by atoms with Gasteiger partial charge < -0.3 is 74.3 Å². The molecule has 1 aromatic rings. The number of nitrogens with one attached hydrogen (secondary N) is 6. The van der Waals surface area contributed by atoms with Crippen LogP contribution >= 0.6 is 0 Å². The SMILES string of the molecule is C=C1C(=O)N[C@H](C)C(=O)N[C@@H](CCCN=C(N)N)C(=O)NC(C(=O)O)CC(=O)NC(CCCN=C(N)N)C(=O)NC(/C=C/C(C)=C/[C@H](C)[C@H](Cc2ccccc2)OC)[C@H](C)C(=O)N[C@@H](C(=O)OC)CCC(=O)N1C. The Morgan fingerprint density at radius 2 is 1.39 bits per heavy atom. The lowest BCUT2D eigenvalue weighted by Gasteiger charge is -2.27. The zero-order valence-electron chi connectivity index (χ0n) is 43.2. The van der Waals surface area contributed by atoms with E-state index >= 15 is 0 Å². The highest BCUT2D eigenvalue weighted by atomic mass is 16.5. The lowest BCUT2D eigenvalue weighted by atomic mass is 9.94. The Kier molecular flexibility index (Phi) is 26.6. The van der Waals surface area contributed by atoms with Crippen LogP contribution in [0.15, 0.2) is 76.4 Å². The van der Waals surface area contributed by atoms with Gasteiger partial charge in [0.2, 0.25) is 35.4 Å². The summed E-state index contributed by atoms with van der Waals surface area (Å²) in [6.45, 7) is 10.2. The third kappa shape index (κ3) is 21.9. The monoisotopic (exact) mass is 1040 g/mol. The third-order valence-corrected chi connectivity index (χ3v) is 11.9. The van der Waals surface area contributed by atoms with Gasteiger partial charge in [-0.05, 0) is 57.9 Å². The number of aliphatic carboxylic acids is 1. The molecule has 1 aliphatic heterocycles. The number of guanidine groups is 2. The summed E-state index contributed by atoms with van der Waals surface area (Å²) in [4.78, 5) is 130. The normalized spacial score (nSPS) is 23.5. The van der Waals surface area contributed by atoms with E-state index in [1.54, 1.807) is 19.3 Å². The molecule has 0 radical (unpaired) electrons. The molecule has 408 valence electrons. The zero-order chi connectivity index (χ0) is 55.7. The summed E-state index contributed by atoms with van der Waals surface area (Å²) in [6, 6.07) is 1.08. The average molecular weight is 1040 g/mol. The quantitative estimate of drug-likeness (QED) is 0.0211. The molecule has 1 fully saturated rings. The first-order valence-electron chi connectivity index (χ1n) is 24.0. The molecule has 3 unspecified atom stereocenters. The molecule has 0 saturated carbocycles. The number of aliphatic imine (C=N–C) groups is 2. The molecule has 2 rings (SSSR count). The highest BCUT2D eigenvalue weighted by Crippen LogP contribution is 2.19. The minimum absolute atomic E-state index is 0.00536. The largest absolute Gasteiger partial charge is 0.480 e. The van der Waals surface area contributed by atoms with Crippen molar-refractivity contribution in [3.05, 3.63) is 72.0 Å². The number of amides is 7. The van der Waals surface area contributed by atoms with Gasteiger partial charge in [0.1, 0.15) is 35.9 Å². The van der Waals surface area contributed by atoms with Gasteiger partial charge in [0, 0.05) is 39.6 Å². The van der Waals surface area contributed by atoms with E-state index in [0.29, 0.717) is 12.0 Å². The molecule has 1 saturated heterocycles. The second kappa shape index (κ2) is 31.6. The number of benzene rings is 1. The lowest BCUT2D eigenvalue weighted by molar-refractivity contribution is -0.146. The van der Waals surface area contributed by atoms with E-state index in [1.807, 2.05) is 50.3 Å². The van der Waals surface area contributed by atoms with Gasteiger partial charge in [0.25, 0.3) is 5.91 Å². The molecular weight excluding hydrogens is 963 g/mol. The minimum atomic E-state index is -1.90. The lowest BCUT2D eigenvalue weighted by Crippen LogP contribution is -2.56. The van der Waals surface area contributed by atoms with Crippen LogP contribution in [-0.4, -0.2) is 152 Å². The number of nitrogens with zero attached hydrogens (tertiary/aromatic N) is 3. The van der Waals surface area contributed by atoms with Crippen molar-refractivity contribution in [1.29, 1.82) is 0 Å². The van der Waals surface area contributed by atoms with Gasteiger partial charge in [0.15, 0.2) is 11.9 Å². The van der Waals surface area contributed by atoms with E-state index in [4.69, 9.17) is 32.4 Å². The third-order valence-electron chi connectivity index (χ3n) is 11.9. The number of carboxylic acid groups (broad SMARTS) is 1. The minimum Gasteiger partial charge on any atom is -0.480 e. The zero-order valence-corrected chi connectivity index (χ0v) is 43.2. The molecule has 0 aromatic heterocycles. The highest BCUT2D eigenvalue weighted by Gasteiger charge is 2.34. The van der Waals surface area contributed by atoms with Crippen LogP contribution in [0.25, 0.3) is 0 Å². The summed E-state index contributed by atoms with van der Waals surface area (Å²) < 4.78 is 10.8. The maximum absolute atomic E-state index is 14.4. The number of carbonyl (C=O) groups excluding carboxylic acids is 8. The Balaban J connectivity index is 2.72. The first-order chi connectivity index (χ1) is 34.9. The summed E-state index contributed by atoms with van der Waals surface area (Å²) >= 11 is 0. The van der Waals surface area contributed by atoms with Crippen molar-refractivity contribution < 1.29 is 57.7 Å². The maximum Gasteiger partial charge on any atom is 0.328 e. The first kappa shape index (κ1) is 62.3. The Morgan fingerprint density at radius 3 is 1.95 bits per heavy atom. The smallest absolute Gasteiger partial charge is 0.328 e. The van der Waals surface area contributed by atoms with Gasteiger partial charge in [-0.1, -0.05) is 74.6 Å². The predicted molar refractivity (Wildman–Crippen MR) is 275 cm³/mol. The van der Waals surface area contributed by atoms with Crippen LogP contribution in [0.1, 0.15) is 78.2 Å². The topological polar surface area (TPSA) is 397 Å². The van der Waals surface area contributed by atoms with Crippen molar-refractivity contribution >= 4 is 65.2 Å². The Bertz CT molecular complexity index is 2260. The van der Waals surface area contributed by atoms with E-state index in [0.717, 1.165) is 17.6 Å². The van der Waals surface area contributed by atoms with Crippen molar-refractivity contribution in [3.63, 3.8) is 0 Å². The molecule has 7 amide bonds. The summed E-state index contributed by atoms with van der Waals surface area (Å²) in [7, 11) is 3.93. The second-order valence-electron chi connectivity index (χ2n) is 17.8. The van der Waals surface area contributed by atoms with Gasteiger partial charge in [-0.15, -0.1) is 0 Å². The van der Waals surface area contributed by atoms with Gasteiger partial charge in [0.05, 0.1) is 31.6 Å². The van der Waals surface area contributed by atoms with Crippen LogP contribution in [0.2, 0.25) is 0 Å². The van der Waals surface area contributed by atoms with Crippen molar-refractivity contribution in [2.24, 2.45) is 44.8 Å². The molecule has 1 heterocycles. The fourth-order valence-electron chi connectivity index (χ4n) is 7.46. The molecular formula is C49H75N13O12. The molecule has 74 heavy (non-hydrogen) atoms. The van der Waals surface area contributed by atoms with Crippen LogP contribution in [0.3, 0.4) is 0 Å². The predicted octanol–water partition coefficient (Wildman–Crippen LogP) is -1.53. The number of carbonyl (C=O) groups is 9. The number of hydrogen-bond acceptors (Lipinski definition) is 13. The molecule has 0 spiro atoms.